The quantitative estimate of drug-likeness (QED) is 0.718. The van der Waals surface area contributed by atoms with Gasteiger partial charge in [-0.3, -0.25) is 9.69 Å². The van der Waals surface area contributed by atoms with E-state index in [0.717, 1.165) is 39.3 Å². The molecular weight excluding hydrogens is 296 g/mol. The molecule has 2 saturated heterocycles. The number of likely N-dealkylation sites (tertiary alicyclic amines) is 1. The number of hydrogen-bond acceptors (Lipinski definition) is 4. The summed E-state index contributed by atoms with van der Waals surface area (Å²) in [5.41, 5.74) is -0.192. The second-order valence-corrected chi connectivity index (χ2v) is 7.28. The van der Waals surface area contributed by atoms with E-state index in [1.165, 1.54) is 0 Å². The molecule has 1 atom stereocenters. The van der Waals surface area contributed by atoms with Crippen molar-refractivity contribution in [3.05, 3.63) is 0 Å². The van der Waals surface area contributed by atoms with Crippen molar-refractivity contribution in [1.29, 1.82) is 0 Å². The predicted octanol–water partition coefficient (Wildman–Crippen LogP) is 0.407. The topological polar surface area (TPSA) is 73.9 Å². The molecule has 0 aromatic heterocycles. The lowest BCUT2D eigenvalue weighted by Crippen LogP contribution is -2.47. The van der Waals surface area contributed by atoms with Gasteiger partial charge in [-0.2, -0.15) is 0 Å². The van der Waals surface area contributed by atoms with Crippen LogP contribution in [0.4, 0.5) is 4.79 Å². The second-order valence-electron chi connectivity index (χ2n) is 7.28. The van der Waals surface area contributed by atoms with E-state index in [4.69, 9.17) is 4.74 Å². The second kappa shape index (κ2) is 7.97. The molecule has 2 rings (SSSR count). The van der Waals surface area contributed by atoms with Gasteiger partial charge in [0.05, 0.1) is 19.3 Å². The number of ether oxygens (including phenoxy) is 1. The average Bonchev–Trinajstić information content (AvgIpc) is 2.85. The zero-order chi connectivity index (χ0) is 16.9. The minimum atomic E-state index is -0.192. The van der Waals surface area contributed by atoms with Crippen LogP contribution >= 0.6 is 0 Å². The van der Waals surface area contributed by atoms with Gasteiger partial charge in [0, 0.05) is 38.1 Å². The highest BCUT2D eigenvalue weighted by Crippen LogP contribution is 2.21. The number of amides is 3. The Balaban J connectivity index is 1.61. The van der Waals surface area contributed by atoms with Crippen LogP contribution in [0.1, 0.15) is 33.6 Å². The van der Waals surface area contributed by atoms with Crippen LogP contribution in [0.2, 0.25) is 0 Å². The van der Waals surface area contributed by atoms with Crippen molar-refractivity contribution < 1.29 is 14.3 Å². The zero-order valence-corrected chi connectivity index (χ0v) is 14.6. The number of hydrogen-bond donors (Lipinski definition) is 2. The monoisotopic (exact) mass is 326 g/mol. The Kier molecular flexibility index (Phi) is 6.24. The maximum Gasteiger partial charge on any atom is 0.315 e. The van der Waals surface area contributed by atoms with Crippen molar-refractivity contribution in [2.45, 2.75) is 45.2 Å². The van der Waals surface area contributed by atoms with Crippen LogP contribution in [0, 0.1) is 0 Å². The largest absolute Gasteiger partial charge is 0.379 e. The van der Waals surface area contributed by atoms with Crippen LogP contribution in [0.5, 0.6) is 0 Å². The summed E-state index contributed by atoms with van der Waals surface area (Å²) < 4.78 is 5.31. The summed E-state index contributed by atoms with van der Waals surface area (Å²) in [5, 5.41) is 5.78. The molecule has 2 heterocycles. The third-order valence-corrected chi connectivity index (χ3v) is 4.31. The Morgan fingerprint density at radius 2 is 2.00 bits per heavy atom. The molecule has 0 aromatic carbocycles. The van der Waals surface area contributed by atoms with E-state index in [1.807, 2.05) is 25.7 Å². The predicted molar refractivity (Wildman–Crippen MR) is 88.3 cm³/mol. The van der Waals surface area contributed by atoms with Crippen molar-refractivity contribution >= 4 is 11.9 Å². The summed E-state index contributed by atoms with van der Waals surface area (Å²) in [4.78, 5) is 28.1. The van der Waals surface area contributed by atoms with Gasteiger partial charge in [-0.05, 0) is 33.7 Å². The number of nitrogens with zero attached hydrogens (tertiary/aromatic N) is 2. The Morgan fingerprint density at radius 3 is 2.61 bits per heavy atom. The van der Waals surface area contributed by atoms with Crippen LogP contribution in [-0.4, -0.2) is 79.3 Å². The molecule has 132 valence electrons. The molecular formula is C16H30N4O3. The lowest BCUT2D eigenvalue weighted by Gasteiger charge is -2.32. The fraction of sp³-hybridized carbons (Fsp3) is 0.875. The van der Waals surface area contributed by atoms with Gasteiger partial charge >= 0.3 is 6.03 Å². The Labute approximate surface area is 138 Å². The molecule has 23 heavy (non-hydrogen) atoms. The Hall–Kier alpha value is -1.34. The van der Waals surface area contributed by atoms with Crippen LogP contribution in [0.25, 0.3) is 0 Å². The maximum absolute atomic E-state index is 12.0. The summed E-state index contributed by atoms with van der Waals surface area (Å²) in [6.45, 7) is 11.8. The van der Waals surface area contributed by atoms with E-state index in [1.54, 1.807) is 0 Å². The first-order valence-electron chi connectivity index (χ1n) is 8.51. The zero-order valence-electron chi connectivity index (χ0n) is 14.6. The fourth-order valence-corrected chi connectivity index (χ4v) is 3.02. The van der Waals surface area contributed by atoms with Crippen molar-refractivity contribution in [3.63, 3.8) is 0 Å². The number of nitrogens with one attached hydrogen (secondary N) is 2. The molecule has 7 nitrogen and oxygen atoms in total. The number of morpholine rings is 1. The Morgan fingerprint density at radius 1 is 1.30 bits per heavy atom. The molecule has 0 saturated carbocycles. The fourth-order valence-electron chi connectivity index (χ4n) is 3.02. The third kappa shape index (κ3) is 5.66. The molecule has 2 fully saturated rings. The van der Waals surface area contributed by atoms with Gasteiger partial charge < -0.3 is 20.3 Å². The highest BCUT2D eigenvalue weighted by atomic mass is 16.5. The van der Waals surface area contributed by atoms with Crippen molar-refractivity contribution in [2.24, 2.45) is 0 Å². The highest BCUT2D eigenvalue weighted by molar-refractivity contribution is 5.82. The van der Waals surface area contributed by atoms with Gasteiger partial charge in [-0.15, -0.1) is 0 Å². The lowest BCUT2D eigenvalue weighted by molar-refractivity contribution is -0.131. The first-order chi connectivity index (χ1) is 10.9. The van der Waals surface area contributed by atoms with Gasteiger partial charge in [0.2, 0.25) is 5.91 Å². The maximum atomic E-state index is 12.0. The van der Waals surface area contributed by atoms with E-state index in [0.29, 0.717) is 19.5 Å². The molecule has 3 amide bonds. The molecule has 2 N–H and O–H groups in total. The molecule has 0 spiro atoms. The normalized spacial score (nSPS) is 23.2. The molecule has 2 aliphatic rings. The van der Waals surface area contributed by atoms with Crippen molar-refractivity contribution in [2.75, 3.05) is 45.9 Å². The molecule has 7 heteroatoms. The summed E-state index contributed by atoms with van der Waals surface area (Å²) in [6.07, 6.45) is 1.31. The minimum Gasteiger partial charge on any atom is -0.379 e. The van der Waals surface area contributed by atoms with Crippen molar-refractivity contribution in [3.8, 4) is 0 Å². The Bertz CT molecular complexity index is 416. The summed E-state index contributed by atoms with van der Waals surface area (Å²) in [6, 6.07) is -0.276. The number of urea groups is 1. The summed E-state index contributed by atoms with van der Waals surface area (Å²) in [7, 11) is 0. The van der Waals surface area contributed by atoms with E-state index < -0.39 is 0 Å². The van der Waals surface area contributed by atoms with E-state index in [9.17, 15) is 9.59 Å². The van der Waals surface area contributed by atoms with Crippen LogP contribution < -0.4 is 10.6 Å². The van der Waals surface area contributed by atoms with E-state index in [-0.39, 0.29) is 23.5 Å². The summed E-state index contributed by atoms with van der Waals surface area (Å²) in [5.74, 6) is 0.107. The molecule has 0 aromatic rings. The van der Waals surface area contributed by atoms with Crippen LogP contribution in [0.3, 0.4) is 0 Å². The smallest absolute Gasteiger partial charge is 0.315 e. The molecule has 2 aliphatic heterocycles. The molecule has 0 bridgehead atoms. The van der Waals surface area contributed by atoms with E-state index >= 15 is 0 Å². The molecule has 0 aliphatic carbocycles. The lowest BCUT2D eigenvalue weighted by atomic mass is 10.1. The van der Waals surface area contributed by atoms with Gasteiger partial charge in [-0.1, -0.05) is 0 Å². The highest BCUT2D eigenvalue weighted by Gasteiger charge is 2.36. The van der Waals surface area contributed by atoms with Gasteiger partial charge in [0.1, 0.15) is 0 Å². The molecule has 0 radical (unpaired) electrons. The van der Waals surface area contributed by atoms with Gasteiger partial charge in [-0.25, -0.2) is 4.79 Å². The first-order valence-corrected chi connectivity index (χ1v) is 8.51. The summed E-state index contributed by atoms with van der Waals surface area (Å²) >= 11 is 0. The first kappa shape index (κ1) is 18.0. The van der Waals surface area contributed by atoms with Crippen LogP contribution in [0.15, 0.2) is 0 Å². The number of carbonyl (C=O) groups excluding carboxylic acids is 2. The van der Waals surface area contributed by atoms with Crippen molar-refractivity contribution in [1.82, 2.24) is 20.4 Å². The van der Waals surface area contributed by atoms with Gasteiger partial charge in [0.15, 0.2) is 0 Å². The SMILES string of the molecule is CC(C)(C)N1CC(NC(=O)NCCCN2CCOCC2)CC1=O. The third-order valence-electron chi connectivity index (χ3n) is 4.31. The van der Waals surface area contributed by atoms with Crippen LogP contribution in [-0.2, 0) is 9.53 Å². The van der Waals surface area contributed by atoms with Gasteiger partial charge in [0.25, 0.3) is 0 Å². The van der Waals surface area contributed by atoms with E-state index in [2.05, 4.69) is 15.5 Å². The number of carbonyl (C=O) groups is 2. The standard InChI is InChI=1S/C16H30N4O3/c1-16(2,3)20-12-13(11-14(20)21)18-15(22)17-5-4-6-19-7-9-23-10-8-19/h13H,4-12H2,1-3H3,(H2,17,18,22). The molecule has 1 unspecified atom stereocenters. The average molecular weight is 326 g/mol. The number of rotatable bonds is 5. The minimum absolute atomic E-state index is 0.0963.